The molecule has 0 heterocycles. The van der Waals surface area contributed by atoms with Gasteiger partial charge in [0.2, 0.25) is 5.91 Å². The van der Waals surface area contributed by atoms with Crippen LogP contribution in [0.5, 0.6) is 0 Å². The zero-order chi connectivity index (χ0) is 15.8. The second-order valence-corrected chi connectivity index (χ2v) is 6.46. The van der Waals surface area contributed by atoms with Crippen LogP contribution in [-0.4, -0.2) is 29.3 Å². The highest BCUT2D eigenvalue weighted by atomic mass is 35.5. The SMILES string of the molecule is CC(CCCNC(=O)CSc1cc(Cl)ccc1Cl)C(=O)O. The molecule has 1 aromatic rings. The summed E-state index contributed by atoms with van der Waals surface area (Å²) in [6.07, 6.45) is 1.19. The average molecular weight is 350 g/mol. The van der Waals surface area contributed by atoms with Gasteiger partial charge in [-0.1, -0.05) is 30.1 Å². The third-order valence-corrected chi connectivity index (χ3v) is 4.54. The third-order valence-electron chi connectivity index (χ3n) is 2.81. The number of carboxylic acids is 1. The van der Waals surface area contributed by atoms with Gasteiger partial charge in [-0.2, -0.15) is 0 Å². The highest BCUT2D eigenvalue weighted by Crippen LogP contribution is 2.29. The molecule has 0 saturated carbocycles. The highest BCUT2D eigenvalue weighted by Gasteiger charge is 2.10. The molecule has 1 amide bonds. The van der Waals surface area contributed by atoms with E-state index in [0.29, 0.717) is 29.4 Å². The Bertz CT molecular complexity index is 511. The first-order valence-electron chi connectivity index (χ1n) is 6.47. The van der Waals surface area contributed by atoms with Crippen LogP contribution in [0.1, 0.15) is 19.8 Å². The van der Waals surface area contributed by atoms with Gasteiger partial charge < -0.3 is 10.4 Å². The summed E-state index contributed by atoms with van der Waals surface area (Å²) in [5.74, 6) is -1.07. The summed E-state index contributed by atoms with van der Waals surface area (Å²) < 4.78 is 0. The van der Waals surface area contributed by atoms with Gasteiger partial charge in [-0.25, -0.2) is 0 Å². The lowest BCUT2D eigenvalue weighted by Gasteiger charge is -2.08. The largest absolute Gasteiger partial charge is 0.481 e. The van der Waals surface area contributed by atoms with Crippen LogP contribution in [0.15, 0.2) is 23.1 Å². The van der Waals surface area contributed by atoms with E-state index in [-0.39, 0.29) is 17.6 Å². The molecule has 0 aliphatic rings. The molecule has 1 unspecified atom stereocenters. The lowest BCUT2D eigenvalue weighted by Crippen LogP contribution is -2.26. The van der Waals surface area contributed by atoms with Crippen LogP contribution in [0.2, 0.25) is 10.0 Å². The molecule has 1 aromatic carbocycles. The Hall–Kier alpha value is -0.910. The van der Waals surface area contributed by atoms with Gasteiger partial charge in [0.15, 0.2) is 0 Å². The number of carbonyl (C=O) groups excluding carboxylic acids is 1. The number of aliphatic carboxylic acids is 1. The zero-order valence-electron chi connectivity index (χ0n) is 11.6. The second-order valence-electron chi connectivity index (χ2n) is 4.59. The first-order valence-corrected chi connectivity index (χ1v) is 8.21. The fourth-order valence-corrected chi connectivity index (χ4v) is 2.86. The molecule has 0 aliphatic carbocycles. The number of carbonyl (C=O) groups is 2. The van der Waals surface area contributed by atoms with E-state index in [1.165, 1.54) is 11.8 Å². The van der Waals surface area contributed by atoms with Crippen LogP contribution in [-0.2, 0) is 9.59 Å². The third kappa shape index (κ3) is 7.07. The lowest BCUT2D eigenvalue weighted by molar-refractivity contribution is -0.141. The number of thioether (sulfide) groups is 1. The number of carboxylic acid groups (broad SMARTS) is 1. The van der Waals surface area contributed by atoms with Gasteiger partial charge in [-0.3, -0.25) is 9.59 Å². The standard InChI is InChI=1S/C14H17Cl2NO3S/c1-9(14(19)20)3-2-6-17-13(18)8-21-12-7-10(15)4-5-11(12)16/h4-5,7,9H,2-3,6,8H2,1H3,(H,17,18)(H,19,20). The Balaban J connectivity index is 2.25. The van der Waals surface area contributed by atoms with Crippen molar-refractivity contribution in [2.45, 2.75) is 24.7 Å². The molecule has 0 aromatic heterocycles. The maximum atomic E-state index is 11.7. The monoisotopic (exact) mass is 349 g/mol. The fourth-order valence-electron chi connectivity index (χ4n) is 1.54. The molecule has 21 heavy (non-hydrogen) atoms. The molecule has 7 heteroatoms. The average Bonchev–Trinajstić information content (AvgIpc) is 2.44. The van der Waals surface area contributed by atoms with Crippen molar-refractivity contribution in [1.82, 2.24) is 5.32 Å². The summed E-state index contributed by atoms with van der Waals surface area (Å²) in [5.41, 5.74) is 0. The van der Waals surface area contributed by atoms with Crippen LogP contribution in [0, 0.1) is 5.92 Å². The number of amides is 1. The van der Waals surface area contributed by atoms with Gasteiger partial charge in [0.05, 0.1) is 16.7 Å². The Labute approximate surface area is 138 Å². The first-order chi connectivity index (χ1) is 9.90. The van der Waals surface area contributed by atoms with Crippen molar-refractivity contribution in [2.24, 2.45) is 5.92 Å². The summed E-state index contributed by atoms with van der Waals surface area (Å²) in [6, 6.07) is 5.10. The molecule has 116 valence electrons. The highest BCUT2D eigenvalue weighted by molar-refractivity contribution is 8.00. The number of hydrogen-bond acceptors (Lipinski definition) is 3. The van der Waals surface area contributed by atoms with Gasteiger partial charge in [-0.05, 0) is 31.0 Å². The van der Waals surface area contributed by atoms with Crippen LogP contribution in [0.4, 0.5) is 0 Å². The van der Waals surface area contributed by atoms with Crippen molar-refractivity contribution in [2.75, 3.05) is 12.3 Å². The number of hydrogen-bond donors (Lipinski definition) is 2. The van der Waals surface area contributed by atoms with Gasteiger partial charge in [0, 0.05) is 16.5 Å². The van der Waals surface area contributed by atoms with Crippen molar-refractivity contribution < 1.29 is 14.7 Å². The molecule has 0 spiro atoms. The predicted octanol–water partition coefficient (Wildman–Crippen LogP) is 3.70. The molecule has 0 saturated heterocycles. The van der Waals surface area contributed by atoms with E-state index in [2.05, 4.69) is 5.32 Å². The fraction of sp³-hybridized carbons (Fsp3) is 0.429. The van der Waals surface area contributed by atoms with E-state index in [4.69, 9.17) is 28.3 Å². The predicted molar refractivity (Wildman–Crippen MR) is 86.2 cm³/mol. The van der Waals surface area contributed by atoms with E-state index < -0.39 is 5.97 Å². The van der Waals surface area contributed by atoms with Crippen LogP contribution < -0.4 is 5.32 Å². The molecule has 4 nitrogen and oxygen atoms in total. The van der Waals surface area contributed by atoms with Crippen molar-refractivity contribution in [1.29, 1.82) is 0 Å². The molecule has 0 fully saturated rings. The second kappa shape index (κ2) is 9.18. The van der Waals surface area contributed by atoms with E-state index in [0.717, 1.165) is 4.90 Å². The van der Waals surface area contributed by atoms with E-state index in [1.807, 2.05) is 0 Å². The first kappa shape index (κ1) is 18.1. The molecule has 0 radical (unpaired) electrons. The molecular formula is C14H17Cl2NO3S. The van der Waals surface area contributed by atoms with Crippen molar-refractivity contribution in [3.63, 3.8) is 0 Å². The summed E-state index contributed by atoms with van der Waals surface area (Å²) >= 11 is 13.2. The van der Waals surface area contributed by atoms with Crippen molar-refractivity contribution in [3.8, 4) is 0 Å². The number of benzene rings is 1. The topological polar surface area (TPSA) is 66.4 Å². The zero-order valence-corrected chi connectivity index (χ0v) is 13.9. The smallest absolute Gasteiger partial charge is 0.306 e. The molecule has 1 rings (SSSR count). The Morgan fingerprint density at radius 1 is 1.38 bits per heavy atom. The molecule has 1 atom stereocenters. The summed E-state index contributed by atoms with van der Waals surface area (Å²) in [6.45, 7) is 2.13. The normalized spacial score (nSPS) is 12.0. The molecule has 2 N–H and O–H groups in total. The minimum absolute atomic E-state index is 0.112. The van der Waals surface area contributed by atoms with Crippen LogP contribution >= 0.6 is 35.0 Å². The van der Waals surface area contributed by atoms with Crippen molar-refractivity contribution in [3.05, 3.63) is 28.2 Å². The maximum Gasteiger partial charge on any atom is 0.306 e. The number of nitrogens with one attached hydrogen (secondary N) is 1. The van der Waals surface area contributed by atoms with Crippen LogP contribution in [0.3, 0.4) is 0 Å². The number of rotatable bonds is 8. The minimum atomic E-state index is -0.813. The van der Waals surface area contributed by atoms with Gasteiger partial charge in [0.1, 0.15) is 0 Å². The van der Waals surface area contributed by atoms with Crippen molar-refractivity contribution >= 4 is 46.8 Å². The summed E-state index contributed by atoms with van der Waals surface area (Å²) in [4.78, 5) is 23.1. The molecule has 0 bridgehead atoms. The Morgan fingerprint density at radius 2 is 2.10 bits per heavy atom. The molecule has 0 aliphatic heterocycles. The quantitative estimate of drug-likeness (QED) is 0.554. The van der Waals surface area contributed by atoms with Gasteiger partial charge in [-0.15, -0.1) is 11.8 Å². The number of halogens is 2. The van der Waals surface area contributed by atoms with E-state index in [9.17, 15) is 9.59 Å². The summed E-state index contributed by atoms with van der Waals surface area (Å²) in [5, 5.41) is 12.6. The van der Waals surface area contributed by atoms with E-state index in [1.54, 1.807) is 25.1 Å². The van der Waals surface area contributed by atoms with Crippen LogP contribution in [0.25, 0.3) is 0 Å². The maximum absolute atomic E-state index is 11.7. The van der Waals surface area contributed by atoms with Gasteiger partial charge >= 0.3 is 5.97 Å². The molecular weight excluding hydrogens is 333 g/mol. The lowest BCUT2D eigenvalue weighted by atomic mass is 10.1. The van der Waals surface area contributed by atoms with Gasteiger partial charge in [0.25, 0.3) is 0 Å². The van der Waals surface area contributed by atoms with E-state index >= 15 is 0 Å². The Kier molecular flexibility index (Phi) is 7.93. The minimum Gasteiger partial charge on any atom is -0.481 e. The Morgan fingerprint density at radius 3 is 2.76 bits per heavy atom. The summed E-state index contributed by atoms with van der Waals surface area (Å²) in [7, 11) is 0.